The number of carbonyl (C=O) groups is 1. The highest BCUT2D eigenvalue weighted by Crippen LogP contribution is 2.36. The van der Waals surface area contributed by atoms with Crippen molar-refractivity contribution in [1.82, 2.24) is 4.98 Å². The summed E-state index contributed by atoms with van der Waals surface area (Å²) in [5, 5.41) is 0.847. The van der Waals surface area contributed by atoms with Crippen molar-refractivity contribution in [2.75, 3.05) is 10.6 Å². The summed E-state index contributed by atoms with van der Waals surface area (Å²) in [5.74, 6) is -0.141. The molecule has 0 aliphatic rings. The van der Waals surface area contributed by atoms with Crippen LogP contribution < -0.4 is 10.6 Å². The summed E-state index contributed by atoms with van der Waals surface area (Å²) < 4.78 is 0. The van der Waals surface area contributed by atoms with E-state index in [0.717, 1.165) is 46.5 Å². The van der Waals surface area contributed by atoms with Gasteiger partial charge in [0.25, 0.3) is 5.91 Å². The number of pyridine rings is 1. The summed E-state index contributed by atoms with van der Waals surface area (Å²) in [7, 11) is 0. The molecule has 0 fully saturated rings. The number of nitrogens with two attached hydrogens (primary N) is 1. The average molecular weight is 402 g/mol. The van der Waals surface area contributed by atoms with Gasteiger partial charge < -0.3 is 5.73 Å². The maximum absolute atomic E-state index is 13.6. The van der Waals surface area contributed by atoms with E-state index >= 15 is 0 Å². The van der Waals surface area contributed by atoms with Gasteiger partial charge in [0.15, 0.2) is 0 Å². The third kappa shape index (κ3) is 3.87. The van der Waals surface area contributed by atoms with E-state index in [0.29, 0.717) is 10.6 Å². The number of rotatable bonds is 6. The van der Waals surface area contributed by atoms with Crippen LogP contribution in [0.4, 0.5) is 17.1 Å². The fourth-order valence-electron chi connectivity index (χ4n) is 3.33. The van der Waals surface area contributed by atoms with Gasteiger partial charge in [-0.2, -0.15) is 0 Å². The van der Waals surface area contributed by atoms with Crippen molar-refractivity contribution in [2.45, 2.75) is 26.2 Å². The molecule has 0 spiro atoms. The Balaban J connectivity index is 1.78. The lowest BCUT2D eigenvalue weighted by Gasteiger charge is -2.22. The Morgan fingerprint density at radius 2 is 1.59 bits per heavy atom. The molecule has 0 saturated heterocycles. The third-order valence-corrected chi connectivity index (χ3v) is 5.97. The second kappa shape index (κ2) is 8.45. The number of aryl methyl sites for hydroxylation is 1. The molecule has 0 saturated carbocycles. The number of benzene rings is 2. The van der Waals surface area contributed by atoms with Crippen LogP contribution in [0.2, 0.25) is 0 Å². The number of nitrogens with zero attached hydrogens (tertiary/aromatic N) is 2. The summed E-state index contributed by atoms with van der Waals surface area (Å²) in [6.45, 7) is 2.17. The predicted octanol–water partition coefficient (Wildman–Crippen LogP) is 6.20. The van der Waals surface area contributed by atoms with Crippen molar-refractivity contribution in [3.05, 3.63) is 83.4 Å². The Kier molecular flexibility index (Phi) is 5.58. The monoisotopic (exact) mass is 401 g/mol. The summed E-state index contributed by atoms with van der Waals surface area (Å²) in [6, 6.07) is 23.3. The number of fused-ring (bicyclic) bond motifs is 1. The van der Waals surface area contributed by atoms with Crippen molar-refractivity contribution in [3.63, 3.8) is 0 Å². The van der Waals surface area contributed by atoms with Gasteiger partial charge >= 0.3 is 0 Å². The molecule has 0 aliphatic heterocycles. The van der Waals surface area contributed by atoms with Gasteiger partial charge in [-0.3, -0.25) is 9.69 Å². The van der Waals surface area contributed by atoms with Crippen molar-refractivity contribution < 1.29 is 4.79 Å². The SMILES string of the molecule is CCCCc1ccc2c(N)c(C(=O)N(c3ccccc3)c3ccccc3)sc2n1. The maximum Gasteiger partial charge on any atom is 0.275 e. The fourth-order valence-corrected chi connectivity index (χ4v) is 4.37. The number of nitrogen functional groups attached to an aromatic ring is 1. The van der Waals surface area contributed by atoms with Crippen LogP contribution in [0.25, 0.3) is 10.2 Å². The number of para-hydroxylation sites is 2. The third-order valence-electron chi connectivity index (χ3n) is 4.86. The van der Waals surface area contributed by atoms with E-state index in [2.05, 4.69) is 6.92 Å². The molecular formula is C24H23N3OS. The molecule has 0 unspecified atom stereocenters. The highest BCUT2D eigenvalue weighted by molar-refractivity contribution is 7.21. The number of carbonyl (C=O) groups excluding carboxylic acids is 1. The first-order valence-electron chi connectivity index (χ1n) is 9.81. The van der Waals surface area contributed by atoms with E-state index in [1.807, 2.05) is 72.8 Å². The molecule has 4 aromatic rings. The van der Waals surface area contributed by atoms with Crippen molar-refractivity contribution in [1.29, 1.82) is 0 Å². The molecule has 2 N–H and O–H groups in total. The minimum atomic E-state index is -0.141. The highest BCUT2D eigenvalue weighted by Gasteiger charge is 2.25. The molecule has 0 bridgehead atoms. The van der Waals surface area contributed by atoms with E-state index in [1.165, 1.54) is 11.3 Å². The Morgan fingerprint density at radius 1 is 0.966 bits per heavy atom. The van der Waals surface area contributed by atoms with Gasteiger partial charge in [0, 0.05) is 22.5 Å². The Bertz CT molecular complexity index is 1080. The Hall–Kier alpha value is -3.18. The van der Waals surface area contributed by atoms with E-state index in [-0.39, 0.29) is 5.91 Å². The molecule has 2 heterocycles. The van der Waals surface area contributed by atoms with Gasteiger partial charge in [0.05, 0.1) is 5.69 Å². The minimum Gasteiger partial charge on any atom is -0.397 e. The summed E-state index contributed by atoms with van der Waals surface area (Å²) in [4.78, 5) is 21.4. The van der Waals surface area contributed by atoms with E-state index in [1.54, 1.807) is 4.90 Å². The Labute approximate surface area is 174 Å². The maximum atomic E-state index is 13.6. The fraction of sp³-hybridized carbons (Fsp3) is 0.167. The highest BCUT2D eigenvalue weighted by atomic mass is 32.1. The second-order valence-electron chi connectivity index (χ2n) is 6.92. The minimum absolute atomic E-state index is 0.141. The smallest absolute Gasteiger partial charge is 0.275 e. The van der Waals surface area contributed by atoms with Gasteiger partial charge in [-0.1, -0.05) is 49.7 Å². The predicted molar refractivity (Wildman–Crippen MR) is 122 cm³/mol. The van der Waals surface area contributed by atoms with Crippen molar-refractivity contribution >= 4 is 44.5 Å². The van der Waals surface area contributed by atoms with Gasteiger partial charge in [0.1, 0.15) is 9.71 Å². The lowest BCUT2D eigenvalue weighted by molar-refractivity contribution is 0.100. The van der Waals surface area contributed by atoms with Gasteiger partial charge in [0.2, 0.25) is 0 Å². The topological polar surface area (TPSA) is 59.2 Å². The van der Waals surface area contributed by atoms with Gasteiger partial charge in [-0.05, 0) is 49.2 Å². The quantitative estimate of drug-likeness (QED) is 0.418. The standard InChI is InChI=1S/C24H23N3OS/c1-2-3-10-17-15-16-20-21(25)22(29-23(20)26-17)24(28)27(18-11-6-4-7-12-18)19-13-8-5-9-14-19/h4-9,11-16H,2-3,10,25H2,1H3. The number of aromatic nitrogens is 1. The second-order valence-corrected chi connectivity index (χ2v) is 7.91. The van der Waals surface area contributed by atoms with E-state index in [4.69, 9.17) is 10.7 Å². The van der Waals surface area contributed by atoms with Crippen LogP contribution in [0.1, 0.15) is 35.1 Å². The van der Waals surface area contributed by atoms with Crippen molar-refractivity contribution in [3.8, 4) is 0 Å². The molecular weight excluding hydrogens is 378 g/mol. The molecule has 4 rings (SSSR count). The zero-order valence-corrected chi connectivity index (χ0v) is 17.2. The molecule has 146 valence electrons. The van der Waals surface area contributed by atoms with Crippen LogP contribution in [0, 0.1) is 0 Å². The normalized spacial score (nSPS) is 10.9. The lowest BCUT2D eigenvalue weighted by atomic mass is 10.1. The van der Waals surface area contributed by atoms with E-state index < -0.39 is 0 Å². The van der Waals surface area contributed by atoms with Gasteiger partial charge in [-0.15, -0.1) is 11.3 Å². The Morgan fingerprint density at radius 3 is 2.17 bits per heavy atom. The van der Waals surface area contributed by atoms with Crippen LogP contribution >= 0.6 is 11.3 Å². The van der Waals surface area contributed by atoms with Gasteiger partial charge in [-0.25, -0.2) is 4.98 Å². The largest absolute Gasteiger partial charge is 0.397 e. The number of anilines is 3. The summed E-state index contributed by atoms with van der Waals surface area (Å²) in [6.07, 6.45) is 3.16. The van der Waals surface area contributed by atoms with Crippen LogP contribution in [0.15, 0.2) is 72.8 Å². The van der Waals surface area contributed by atoms with Crippen LogP contribution in [0.5, 0.6) is 0 Å². The zero-order valence-electron chi connectivity index (χ0n) is 16.3. The number of thiophene rings is 1. The molecule has 29 heavy (non-hydrogen) atoms. The molecule has 2 aromatic carbocycles. The molecule has 0 aliphatic carbocycles. The number of amides is 1. The lowest BCUT2D eigenvalue weighted by Crippen LogP contribution is -2.25. The van der Waals surface area contributed by atoms with Crippen molar-refractivity contribution in [2.24, 2.45) is 0 Å². The summed E-state index contributed by atoms with van der Waals surface area (Å²) in [5.41, 5.74) is 9.56. The molecule has 2 aromatic heterocycles. The zero-order chi connectivity index (χ0) is 20.2. The van der Waals surface area contributed by atoms with E-state index in [9.17, 15) is 4.79 Å². The number of hydrogen-bond acceptors (Lipinski definition) is 4. The van der Waals surface area contributed by atoms with Crippen LogP contribution in [-0.4, -0.2) is 10.9 Å². The van der Waals surface area contributed by atoms with Crippen LogP contribution in [0.3, 0.4) is 0 Å². The summed E-state index contributed by atoms with van der Waals surface area (Å²) >= 11 is 1.37. The molecule has 5 heteroatoms. The first-order chi connectivity index (χ1) is 14.2. The first-order valence-corrected chi connectivity index (χ1v) is 10.6. The number of unbranched alkanes of at least 4 members (excludes halogenated alkanes) is 1. The average Bonchev–Trinajstić information content (AvgIpc) is 3.10. The number of hydrogen-bond donors (Lipinski definition) is 1. The molecule has 4 nitrogen and oxygen atoms in total. The van der Waals surface area contributed by atoms with Crippen LogP contribution in [-0.2, 0) is 6.42 Å². The first kappa shape index (κ1) is 19.2. The molecule has 1 amide bonds. The molecule has 0 radical (unpaired) electrons. The molecule has 0 atom stereocenters.